The molecule has 3 aromatic carbocycles. The van der Waals surface area contributed by atoms with E-state index in [2.05, 4.69) is 55.5 Å². The summed E-state index contributed by atoms with van der Waals surface area (Å²) in [4.78, 5) is 94.6. The average molecular weight is 1100 g/mol. The fourth-order valence-electron chi connectivity index (χ4n) is 6.48. The number of para-hydroxylation sites is 1. The predicted octanol–water partition coefficient (Wildman–Crippen LogP) is 1.87. The van der Waals surface area contributed by atoms with Gasteiger partial charge in [-0.05, 0) is 73.2 Å². The number of benzene rings is 3. The molecule has 4 rings (SSSR count). The summed E-state index contributed by atoms with van der Waals surface area (Å²) in [5.41, 5.74) is 9.87. The summed E-state index contributed by atoms with van der Waals surface area (Å²) >= 11 is 2.17. The zero-order chi connectivity index (χ0) is 46.4. The molecule has 4 atom stereocenters. The van der Waals surface area contributed by atoms with E-state index in [-0.39, 0.29) is 61.8 Å². The molecule has 64 heavy (non-hydrogen) atoms. The number of amides is 7. The van der Waals surface area contributed by atoms with Gasteiger partial charge in [-0.15, -0.1) is 0 Å². The van der Waals surface area contributed by atoms with Gasteiger partial charge in [0.2, 0.25) is 11.8 Å². The Morgan fingerprint density at radius 1 is 0.812 bits per heavy atom. The third kappa shape index (κ3) is 18.4. The van der Waals surface area contributed by atoms with Gasteiger partial charge in [0.15, 0.2) is 0 Å². The molecule has 0 saturated carbocycles. The number of carboxylic acids is 1. The molecule has 0 aliphatic heterocycles. The number of aliphatic carboxylic acids is 1. The van der Waals surface area contributed by atoms with Gasteiger partial charge < -0.3 is 26.4 Å². The third-order valence-corrected chi connectivity index (χ3v) is 14.2. The van der Waals surface area contributed by atoms with Crippen molar-refractivity contribution in [1.29, 1.82) is 0 Å². The maximum Gasteiger partial charge on any atom is -0.0382 e. The number of nitrogens with zero attached hydrogens (tertiary/aromatic N) is 1. The van der Waals surface area contributed by atoms with Crippen LogP contribution in [-0.4, -0.2) is 76.3 Å². The van der Waals surface area contributed by atoms with E-state index in [1.807, 2.05) is 49.4 Å². The number of urea groups is 1. The smallest absolute Gasteiger partial charge is 0.0382 e. The summed E-state index contributed by atoms with van der Waals surface area (Å²) < 4.78 is 1.18. The Bertz CT molecular complexity index is 2240. The standard InChI is InChI=1S/C46H53I2N8O8/c1-29(25-42(59)60)24-39(45(63)54-38(43(49)61)26-31-12-17-34(48-47)18-13-31)55-44(62)37(11-5-6-23-51-40(57)21-16-33-9-7-22-50-28-33)53-41(58)27-32-14-19-35(20-15-32)52-46(64)56-36-10-4-3-8-30(36)2/h3-4,7-10,12-22,28-29,37-39H,5-6,11,23-27H2,1-2H3,(H2,49,61)(H,51,57)(H,53,58)(H,54,63)(H,55,62)(H,59,60)(H2,52,56,64)/q-1/b21-16+/t29?,37-,38-,39-/m0/s1. The van der Waals surface area contributed by atoms with Gasteiger partial charge in [-0.2, -0.15) is 0 Å². The summed E-state index contributed by atoms with van der Waals surface area (Å²) in [7, 11) is 0. The Labute approximate surface area is 392 Å². The zero-order valence-electron chi connectivity index (χ0n) is 35.4. The second-order valence-electron chi connectivity index (χ2n) is 15.2. The number of unbranched alkanes of at least 4 members (excludes halogenated alkanes) is 1. The number of aromatic nitrogens is 1. The van der Waals surface area contributed by atoms with Crippen molar-refractivity contribution in [3.63, 3.8) is 0 Å². The van der Waals surface area contributed by atoms with Crippen LogP contribution < -0.4 is 54.9 Å². The molecule has 18 heteroatoms. The fourth-order valence-corrected chi connectivity index (χ4v) is 8.94. The molecule has 340 valence electrons. The van der Waals surface area contributed by atoms with Crippen LogP contribution in [0.15, 0.2) is 103 Å². The van der Waals surface area contributed by atoms with Crippen molar-refractivity contribution in [2.75, 3.05) is 17.2 Å². The molecule has 1 unspecified atom stereocenters. The summed E-state index contributed by atoms with van der Waals surface area (Å²) in [6.07, 6.45) is 6.80. The number of halogens is 2. The van der Waals surface area contributed by atoms with Crippen LogP contribution in [0, 0.1) is 16.4 Å². The molecule has 9 N–H and O–H groups in total. The fraction of sp³-hybridized carbons (Fsp3) is 0.304. The van der Waals surface area contributed by atoms with E-state index in [1.54, 1.807) is 67.9 Å². The minimum absolute atomic E-state index is 0.0913. The molecule has 4 aromatic rings. The Morgan fingerprint density at radius 2 is 1.50 bits per heavy atom. The molecule has 0 aliphatic rings. The quantitative estimate of drug-likeness (QED) is 0.0290. The number of primary amides is 1. The van der Waals surface area contributed by atoms with E-state index in [1.165, 1.54) is 9.65 Å². The number of anilines is 2. The van der Waals surface area contributed by atoms with Gasteiger partial charge in [0.05, 0.1) is 6.42 Å². The molecule has 0 fully saturated rings. The predicted molar refractivity (Wildman–Crippen MR) is 248 cm³/mol. The Kier molecular flexibility index (Phi) is 21.1. The number of carbonyl (C=O) groups is 7. The number of nitrogens with one attached hydrogen (secondary N) is 6. The number of nitrogens with two attached hydrogens (primary N) is 1. The minimum atomic E-state index is -1.29. The van der Waals surface area contributed by atoms with Gasteiger partial charge in [0.1, 0.15) is 0 Å². The van der Waals surface area contributed by atoms with Crippen molar-refractivity contribution in [2.45, 2.75) is 76.9 Å². The van der Waals surface area contributed by atoms with Gasteiger partial charge in [0.25, 0.3) is 0 Å². The average Bonchev–Trinajstić information content (AvgIpc) is 3.26. The van der Waals surface area contributed by atoms with Crippen LogP contribution in [0.3, 0.4) is 0 Å². The minimum Gasteiger partial charge on any atom is -0.0565 e. The van der Waals surface area contributed by atoms with Crippen LogP contribution in [0.5, 0.6) is 0 Å². The molecule has 16 nitrogen and oxygen atoms in total. The summed E-state index contributed by atoms with van der Waals surface area (Å²) in [5.74, 6) is -4.72. The topological polar surface area (TPSA) is 251 Å². The Morgan fingerprint density at radius 3 is 2.16 bits per heavy atom. The largest absolute Gasteiger partial charge is 0.0565 e. The van der Waals surface area contributed by atoms with Crippen LogP contribution in [0.25, 0.3) is 6.08 Å². The molecule has 1 heterocycles. The Balaban J connectivity index is 1.45. The molecule has 0 spiro atoms. The SMILES string of the molecule is Cc1ccccc1NC(=O)Nc1ccc(CC(=O)N[C@@H](CCCCNC(=O)/C=C/c2cccnc2)C(=O)N[C@@H](CC(C)CC(=O)O)C(=O)N[C@@H](Cc2ccc([I-]I)cc2)C(N)=O)cc1. The first-order valence-corrected chi connectivity index (χ1v) is 27.9. The van der Waals surface area contributed by atoms with E-state index < -0.39 is 59.7 Å². The van der Waals surface area contributed by atoms with Crippen molar-refractivity contribution >= 4 is 77.6 Å². The van der Waals surface area contributed by atoms with E-state index >= 15 is 0 Å². The van der Waals surface area contributed by atoms with Crippen molar-refractivity contribution in [3.8, 4) is 0 Å². The molecule has 0 radical (unpaired) electrons. The van der Waals surface area contributed by atoms with E-state index in [4.69, 9.17) is 5.73 Å². The zero-order valence-corrected chi connectivity index (χ0v) is 39.8. The molecular formula is C46H53I2N8O8-. The van der Waals surface area contributed by atoms with Crippen molar-refractivity contribution < 1.29 is 55.9 Å². The number of pyridine rings is 1. The van der Waals surface area contributed by atoms with Crippen LogP contribution in [0.4, 0.5) is 16.2 Å². The van der Waals surface area contributed by atoms with Crippen molar-refractivity contribution in [3.05, 3.63) is 129 Å². The number of hydrogen-bond donors (Lipinski definition) is 8. The van der Waals surface area contributed by atoms with Crippen LogP contribution >= 0.6 is 18.6 Å². The second-order valence-corrected chi connectivity index (χ2v) is 19.5. The molecular weight excluding hydrogens is 1050 g/mol. The third-order valence-electron chi connectivity index (χ3n) is 9.84. The molecule has 7 amide bonds. The van der Waals surface area contributed by atoms with E-state index in [0.29, 0.717) is 29.8 Å². The van der Waals surface area contributed by atoms with Crippen molar-refractivity contribution in [2.24, 2.45) is 11.7 Å². The van der Waals surface area contributed by atoms with Crippen LogP contribution in [0.2, 0.25) is 0 Å². The number of rotatable bonds is 24. The number of aryl methyl sites for hydroxylation is 1. The van der Waals surface area contributed by atoms with Crippen LogP contribution in [-0.2, 0) is 41.6 Å². The monoisotopic (exact) mass is 1100 g/mol. The maximum absolute atomic E-state index is 14.1. The van der Waals surface area contributed by atoms with Crippen molar-refractivity contribution in [1.82, 2.24) is 26.3 Å². The first-order chi connectivity index (χ1) is 30.7. The molecule has 1 aromatic heterocycles. The first-order valence-electron chi connectivity index (χ1n) is 20.5. The molecule has 0 saturated heterocycles. The van der Waals surface area contributed by atoms with Gasteiger partial charge in [-0.3, -0.25) is 19.4 Å². The molecule has 0 bridgehead atoms. The molecule has 0 aliphatic carbocycles. The summed E-state index contributed by atoms with van der Waals surface area (Å²) in [6.45, 7) is 3.78. The Hall–Kier alpha value is -5.90. The number of carboxylic acid groups (broad SMARTS) is 1. The number of carbonyl (C=O) groups excluding carboxylic acids is 6. The van der Waals surface area contributed by atoms with Gasteiger partial charge in [-0.25, -0.2) is 4.79 Å². The van der Waals surface area contributed by atoms with E-state index in [9.17, 15) is 38.7 Å². The van der Waals surface area contributed by atoms with Gasteiger partial charge in [-0.1, -0.05) is 36.4 Å². The number of hydrogen-bond acceptors (Lipinski definition) is 8. The maximum atomic E-state index is 14.1. The van der Waals surface area contributed by atoms with Crippen LogP contribution in [0.1, 0.15) is 61.3 Å². The summed E-state index contributed by atoms with van der Waals surface area (Å²) in [6, 6.07) is 21.2. The van der Waals surface area contributed by atoms with Gasteiger partial charge >= 0.3 is 180 Å². The second kappa shape index (κ2) is 26.7. The first kappa shape index (κ1) is 50.7. The summed E-state index contributed by atoms with van der Waals surface area (Å²) in [5, 5.41) is 26.0. The van der Waals surface area contributed by atoms with Gasteiger partial charge in [0, 0.05) is 36.4 Å². The van der Waals surface area contributed by atoms with E-state index in [0.717, 1.165) is 16.7 Å². The normalized spacial score (nSPS) is 12.9.